The van der Waals surface area contributed by atoms with E-state index in [1.165, 1.54) is 16.0 Å². The van der Waals surface area contributed by atoms with Crippen LogP contribution in [0.25, 0.3) is 10.9 Å². The van der Waals surface area contributed by atoms with Gasteiger partial charge >= 0.3 is 0 Å². The van der Waals surface area contributed by atoms with Crippen molar-refractivity contribution in [1.29, 1.82) is 0 Å². The van der Waals surface area contributed by atoms with E-state index in [4.69, 9.17) is 0 Å². The zero-order valence-electron chi connectivity index (χ0n) is 20.2. The van der Waals surface area contributed by atoms with Crippen molar-refractivity contribution in [1.82, 2.24) is 30.1 Å². The molecule has 0 saturated carbocycles. The van der Waals surface area contributed by atoms with Crippen molar-refractivity contribution in [2.75, 3.05) is 0 Å². The molecule has 8 heteroatoms. The monoisotopic (exact) mass is 464 g/mol. The lowest BCUT2D eigenvalue weighted by Crippen LogP contribution is -2.35. The molecule has 0 radical (unpaired) electrons. The molecule has 3 heterocycles. The topological polar surface area (TPSA) is 79.7 Å². The molecule has 0 aliphatic carbocycles. The zero-order chi connectivity index (χ0) is 23.8. The number of aromatic nitrogens is 5. The lowest BCUT2D eigenvalue weighted by molar-refractivity contribution is 0.155. The molecule has 1 aromatic carbocycles. The molecule has 3 aromatic heterocycles. The first-order chi connectivity index (χ1) is 15.7. The predicted octanol–water partition coefficient (Wildman–Crippen LogP) is 5.10. The number of tetrazole rings is 1. The smallest absolute Gasteiger partial charge is 0.252 e. The van der Waals surface area contributed by atoms with E-state index in [0.717, 1.165) is 35.3 Å². The number of thiophene rings is 1. The predicted molar refractivity (Wildman–Crippen MR) is 133 cm³/mol. The van der Waals surface area contributed by atoms with Crippen LogP contribution < -0.4 is 5.56 Å². The molecule has 174 valence electrons. The third kappa shape index (κ3) is 4.91. The first kappa shape index (κ1) is 23.3. The van der Waals surface area contributed by atoms with E-state index in [1.54, 1.807) is 11.3 Å². The van der Waals surface area contributed by atoms with E-state index < -0.39 is 0 Å². The summed E-state index contributed by atoms with van der Waals surface area (Å²) in [6.45, 7) is 13.8. The molecule has 0 saturated heterocycles. The zero-order valence-corrected chi connectivity index (χ0v) is 21.0. The number of fused-ring (bicyclic) bond motifs is 1. The number of rotatable bonds is 7. The summed E-state index contributed by atoms with van der Waals surface area (Å²) in [5.74, 6) is 0.824. The Bertz CT molecular complexity index is 1300. The number of hydrogen-bond acceptors (Lipinski definition) is 6. The number of H-pyrrole nitrogens is 1. The van der Waals surface area contributed by atoms with Crippen molar-refractivity contribution >= 4 is 22.2 Å². The van der Waals surface area contributed by atoms with Gasteiger partial charge in [-0.15, -0.1) is 16.4 Å². The van der Waals surface area contributed by atoms with Crippen molar-refractivity contribution < 1.29 is 0 Å². The van der Waals surface area contributed by atoms with Gasteiger partial charge in [0.2, 0.25) is 0 Å². The lowest BCUT2D eigenvalue weighted by atomic mass is 10.0. The maximum absolute atomic E-state index is 13.1. The molecule has 0 aliphatic heterocycles. The number of benzene rings is 1. The molecule has 1 atom stereocenters. The Kier molecular flexibility index (Phi) is 6.50. The maximum atomic E-state index is 13.1. The maximum Gasteiger partial charge on any atom is 0.252 e. The third-order valence-corrected chi connectivity index (χ3v) is 6.96. The number of aromatic amines is 1. The number of nitrogens with zero attached hydrogens (tertiary/aromatic N) is 5. The van der Waals surface area contributed by atoms with Crippen LogP contribution in [0.4, 0.5) is 0 Å². The Labute approximate surface area is 198 Å². The molecule has 0 fully saturated rings. The average Bonchev–Trinajstić information content (AvgIpc) is 3.43. The highest BCUT2D eigenvalue weighted by Gasteiger charge is 2.29. The SMILES string of the molecule is CC[C@H](c1nnnn1C(C)(C)C)N(Cc1cccs1)Cc1cc2cc(C)c(C)cc2[nH]c1=O. The van der Waals surface area contributed by atoms with Crippen LogP contribution in [0.2, 0.25) is 0 Å². The standard InChI is InChI=1S/C25H32N6OS/c1-7-22(23-27-28-29-31(23)25(4,5)6)30(15-20-9-8-10-33-20)14-19-13-18-11-16(2)17(3)12-21(18)26-24(19)32/h8-13,22H,7,14-15H2,1-6H3,(H,26,32)/t22-/m1/s1. The van der Waals surface area contributed by atoms with Crippen LogP contribution >= 0.6 is 11.3 Å². The Morgan fingerprint density at radius 2 is 1.91 bits per heavy atom. The van der Waals surface area contributed by atoms with Gasteiger partial charge in [0, 0.05) is 29.0 Å². The number of pyridine rings is 1. The van der Waals surface area contributed by atoms with Crippen molar-refractivity contribution in [2.45, 2.75) is 72.6 Å². The van der Waals surface area contributed by atoms with E-state index in [1.807, 2.05) is 16.8 Å². The molecule has 0 amide bonds. The van der Waals surface area contributed by atoms with Crippen molar-refractivity contribution in [3.05, 3.63) is 73.5 Å². The number of nitrogens with one attached hydrogen (secondary N) is 1. The summed E-state index contributed by atoms with van der Waals surface area (Å²) in [7, 11) is 0. The highest BCUT2D eigenvalue weighted by atomic mass is 32.1. The van der Waals surface area contributed by atoms with E-state index >= 15 is 0 Å². The molecule has 1 N–H and O–H groups in total. The Balaban J connectivity index is 1.76. The fraction of sp³-hybridized carbons (Fsp3) is 0.440. The van der Waals surface area contributed by atoms with Crippen molar-refractivity contribution in [2.24, 2.45) is 0 Å². The molecule has 7 nitrogen and oxygen atoms in total. The molecule has 4 rings (SSSR count). The van der Waals surface area contributed by atoms with Gasteiger partial charge in [0.15, 0.2) is 5.82 Å². The van der Waals surface area contributed by atoms with E-state index in [0.29, 0.717) is 6.54 Å². The molecular weight excluding hydrogens is 432 g/mol. The van der Waals surface area contributed by atoms with Gasteiger partial charge in [-0.25, -0.2) is 4.68 Å². The normalized spacial score (nSPS) is 13.2. The highest BCUT2D eigenvalue weighted by molar-refractivity contribution is 7.09. The second-order valence-electron chi connectivity index (χ2n) is 9.68. The van der Waals surface area contributed by atoms with Gasteiger partial charge < -0.3 is 4.98 Å². The Morgan fingerprint density at radius 3 is 2.58 bits per heavy atom. The first-order valence-electron chi connectivity index (χ1n) is 11.4. The Hall–Kier alpha value is -2.84. The van der Waals surface area contributed by atoms with E-state index in [9.17, 15) is 4.79 Å². The van der Waals surface area contributed by atoms with Gasteiger partial charge in [-0.1, -0.05) is 13.0 Å². The van der Waals surface area contributed by atoms with Crippen LogP contribution in [0.15, 0.2) is 40.5 Å². The second-order valence-corrected chi connectivity index (χ2v) is 10.7. The molecule has 33 heavy (non-hydrogen) atoms. The van der Waals surface area contributed by atoms with Gasteiger partial charge in [-0.05, 0) is 97.6 Å². The Morgan fingerprint density at radius 1 is 1.15 bits per heavy atom. The van der Waals surface area contributed by atoms with Crippen molar-refractivity contribution in [3.63, 3.8) is 0 Å². The lowest BCUT2D eigenvalue weighted by Gasteiger charge is -2.32. The quantitative estimate of drug-likeness (QED) is 0.411. The highest BCUT2D eigenvalue weighted by Crippen LogP contribution is 2.30. The fourth-order valence-electron chi connectivity index (χ4n) is 4.22. The molecule has 4 aromatic rings. The van der Waals surface area contributed by atoms with Crippen LogP contribution in [0.1, 0.15) is 67.5 Å². The summed E-state index contributed by atoms with van der Waals surface area (Å²) in [5.41, 5.74) is 3.72. The summed E-state index contributed by atoms with van der Waals surface area (Å²) in [6.07, 6.45) is 0.825. The van der Waals surface area contributed by atoms with E-state index in [2.05, 4.69) is 90.5 Å². The first-order valence-corrected chi connectivity index (χ1v) is 12.2. The summed E-state index contributed by atoms with van der Waals surface area (Å²) < 4.78 is 1.90. The number of hydrogen-bond donors (Lipinski definition) is 1. The summed E-state index contributed by atoms with van der Waals surface area (Å²) >= 11 is 1.72. The summed E-state index contributed by atoms with van der Waals surface area (Å²) in [4.78, 5) is 19.7. The van der Waals surface area contributed by atoms with Gasteiger partial charge in [0.05, 0.1) is 11.6 Å². The third-order valence-electron chi connectivity index (χ3n) is 6.10. The second kappa shape index (κ2) is 9.19. The minimum absolute atomic E-state index is 0.0313. The largest absolute Gasteiger partial charge is 0.322 e. The molecule has 0 unspecified atom stereocenters. The van der Waals surface area contributed by atoms with Crippen LogP contribution in [-0.2, 0) is 18.6 Å². The summed E-state index contributed by atoms with van der Waals surface area (Å²) in [5, 5.41) is 15.8. The van der Waals surface area contributed by atoms with Crippen LogP contribution in [0.5, 0.6) is 0 Å². The minimum Gasteiger partial charge on any atom is -0.322 e. The fourth-order valence-corrected chi connectivity index (χ4v) is 4.95. The van der Waals surface area contributed by atoms with Crippen LogP contribution in [0.3, 0.4) is 0 Å². The van der Waals surface area contributed by atoms with Crippen LogP contribution in [-0.4, -0.2) is 30.1 Å². The summed E-state index contributed by atoms with van der Waals surface area (Å²) in [6, 6.07) is 10.4. The number of aryl methyl sites for hydroxylation is 2. The van der Waals surface area contributed by atoms with Gasteiger partial charge in [0.25, 0.3) is 5.56 Å². The van der Waals surface area contributed by atoms with Crippen LogP contribution in [0, 0.1) is 13.8 Å². The molecule has 0 aliphatic rings. The van der Waals surface area contributed by atoms with Gasteiger partial charge in [0.1, 0.15) is 0 Å². The van der Waals surface area contributed by atoms with Gasteiger partial charge in [-0.2, -0.15) is 0 Å². The molecule has 0 spiro atoms. The molecular formula is C25H32N6OS. The van der Waals surface area contributed by atoms with Crippen molar-refractivity contribution in [3.8, 4) is 0 Å². The molecule has 0 bridgehead atoms. The van der Waals surface area contributed by atoms with Gasteiger partial charge in [-0.3, -0.25) is 9.69 Å². The minimum atomic E-state index is -0.239. The average molecular weight is 465 g/mol. The van der Waals surface area contributed by atoms with E-state index in [-0.39, 0.29) is 17.1 Å².